The van der Waals surface area contributed by atoms with Gasteiger partial charge in [-0.1, -0.05) is 60.1 Å². The van der Waals surface area contributed by atoms with Crippen LogP contribution in [-0.4, -0.2) is 45.2 Å². The first-order valence-electron chi connectivity index (χ1n) is 11.7. The molecule has 0 fully saturated rings. The molecule has 1 N–H and O–H groups in total. The maximum Gasteiger partial charge on any atom is 0.573 e. The monoisotopic (exact) mass is 558 g/mol. The molecule has 0 aliphatic carbocycles. The average molecular weight is 559 g/mol. The van der Waals surface area contributed by atoms with Gasteiger partial charge in [-0.25, -0.2) is 0 Å². The molecule has 39 heavy (non-hydrogen) atoms. The molecule has 1 unspecified atom stereocenters. The van der Waals surface area contributed by atoms with Crippen LogP contribution < -0.4 is 14.4 Å². The highest BCUT2D eigenvalue weighted by Gasteiger charge is 2.40. The summed E-state index contributed by atoms with van der Waals surface area (Å²) in [5.41, 5.74) is 1.76. The van der Waals surface area contributed by atoms with Crippen molar-refractivity contribution in [2.75, 3.05) is 11.9 Å². The van der Waals surface area contributed by atoms with Crippen molar-refractivity contribution >= 4 is 23.3 Å². The molecule has 0 bridgehead atoms. The van der Waals surface area contributed by atoms with E-state index in [1.807, 2.05) is 30.3 Å². The van der Waals surface area contributed by atoms with Crippen LogP contribution in [0.15, 0.2) is 78.9 Å². The number of carbonyl (C=O) groups is 1. The molecular formula is C27H22ClF3N4O4. The summed E-state index contributed by atoms with van der Waals surface area (Å²) in [6.45, 7) is 0.349. The Bertz CT molecular complexity index is 1480. The number of hydrogen-bond acceptors (Lipinski definition) is 6. The predicted molar refractivity (Wildman–Crippen MR) is 137 cm³/mol. The minimum absolute atomic E-state index is 0.00687. The third kappa shape index (κ3) is 5.79. The third-order valence-corrected chi connectivity index (χ3v) is 6.28. The number of halogens is 4. The van der Waals surface area contributed by atoms with Crippen LogP contribution in [0.3, 0.4) is 0 Å². The standard InChI is InChI=1S/C27H22ClF3N4O4/c1-33-24(36)22-23(35(26(33)37)16-17-6-3-2-4-7-17)32-25(34(22)15-18-10-12-19(28)13-11-18)38-20-8-5-9-21(14-20)39-27(29,30)31/h2-14,26,37H,15-16H2,1H3. The summed E-state index contributed by atoms with van der Waals surface area (Å²) in [7, 11) is 1.46. The summed E-state index contributed by atoms with van der Waals surface area (Å²) < 4.78 is 49.8. The van der Waals surface area contributed by atoms with Crippen molar-refractivity contribution in [3.05, 3.63) is 101 Å². The number of anilines is 1. The molecule has 3 aromatic carbocycles. The lowest BCUT2D eigenvalue weighted by Crippen LogP contribution is -2.53. The van der Waals surface area contributed by atoms with Crippen LogP contribution in [0.4, 0.5) is 19.0 Å². The molecule has 0 radical (unpaired) electrons. The van der Waals surface area contributed by atoms with Gasteiger partial charge < -0.3 is 19.5 Å². The van der Waals surface area contributed by atoms with E-state index in [4.69, 9.17) is 16.3 Å². The molecule has 1 atom stereocenters. The summed E-state index contributed by atoms with van der Waals surface area (Å²) in [5, 5.41) is 11.5. The first-order valence-corrected chi connectivity index (χ1v) is 12.1. The molecule has 1 aromatic heterocycles. The zero-order valence-electron chi connectivity index (χ0n) is 20.5. The molecule has 5 rings (SSSR count). The van der Waals surface area contributed by atoms with Crippen molar-refractivity contribution < 1.29 is 32.5 Å². The highest BCUT2D eigenvalue weighted by molar-refractivity contribution is 6.30. The fourth-order valence-electron chi connectivity index (χ4n) is 4.20. The molecule has 0 saturated heterocycles. The third-order valence-electron chi connectivity index (χ3n) is 6.03. The Morgan fingerprint density at radius 3 is 2.31 bits per heavy atom. The zero-order valence-corrected chi connectivity index (χ0v) is 21.2. The van der Waals surface area contributed by atoms with E-state index in [9.17, 15) is 23.1 Å². The van der Waals surface area contributed by atoms with Gasteiger partial charge in [-0.2, -0.15) is 4.98 Å². The molecule has 202 valence electrons. The number of amides is 1. The quantitative estimate of drug-likeness (QED) is 0.316. The van der Waals surface area contributed by atoms with E-state index in [1.165, 1.54) is 28.6 Å². The number of fused-ring (bicyclic) bond motifs is 1. The molecular weight excluding hydrogens is 537 g/mol. The molecule has 1 aliphatic heterocycles. The predicted octanol–water partition coefficient (Wildman–Crippen LogP) is 5.64. The Hall–Kier alpha value is -4.22. The average Bonchev–Trinajstić information content (AvgIpc) is 3.24. The van der Waals surface area contributed by atoms with Crippen LogP contribution in [-0.2, 0) is 13.1 Å². The highest BCUT2D eigenvalue weighted by Crippen LogP contribution is 2.37. The largest absolute Gasteiger partial charge is 0.573 e. The SMILES string of the molecule is CN1C(=O)c2c(nc(Oc3cccc(OC(F)(F)F)c3)n2Cc2ccc(Cl)cc2)N(Cc2ccccc2)C1O. The lowest BCUT2D eigenvalue weighted by atomic mass is 10.2. The second kappa shape index (κ2) is 10.5. The van der Waals surface area contributed by atoms with Crippen molar-refractivity contribution in [1.29, 1.82) is 0 Å². The highest BCUT2D eigenvalue weighted by atomic mass is 35.5. The number of imidazole rings is 1. The number of carbonyl (C=O) groups excluding carboxylic acids is 1. The maximum absolute atomic E-state index is 13.4. The number of aromatic nitrogens is 2. The molecule has 12 heteroatoms. The van der Waals surface area contributed by atoms with Gasteiger partial charge in [0.15, 0.2) is 11.5 Å². The van der Waals surface area contributed by atoms with Crippen LogP contribution in [0.2, 0.25) is 5.02 Å². The van der Waals surface area contributed by atoms with Crippen molar-refractivity contribution in [2.45, 2.75) is 25.8 Å². The maximum atomic E-state index is 13.4. The number of aliphatic hydroxyl groups is 1. The normalized spacial score (nSPS) is 15.3. The van der Waals surface area contributed by atoms with Gasteiger partial charge in [0.2, 0.25) is 6.35 Å². The van der Waals surface area contributed by atoms with Crippen LogP contribution in [0, 0.1) is 0 Å². The van der Waals surface area contributed by atoms with Gasteiger partial charge in [0, 0.05) is 24.7 Å². The van der Waals surface area contributed by atoms with Gasteiger partial charge in [0.1, 0.15) is 11.5 Å². The Morgan fingerprint density at radius 1 is 0.949 bits per heavy atom. The van der Waals surface area contributed by atoms with E-state index in [0.29, 0.717) is 5.02 Å². The van der Waals surface area contributed by atoms with Gasteiger partial charge in [0.05, 0.1) is 6.54 Å². The first-order chi connectivity index (χ1) is 18.6. The van der Waals surface area contributed by atoms with E-state index >= 15 is 0 Å². The molecule has 8 nitrogen and oxygen atoms in total. The number of hydrogen-bond donors (Lipinski definition) is 1. The Morgan fingerprint density at radius 2 is 1.62 bits per heavy atom. The number of aliphatic hydroxyl groups excluding tert-OH is 1. The van der Waals surface area contributed by atoms with E-state index < -0.39 is 24.4 Å². The second-order valence-corrected chi connectivity index (χ2v) is 9.22. The minimum Gasteiger partial charge on any atom is -0.425 e. The second-order valence-electron chi connectivity index (χ2n) is 8.78. The van der Waals surface area contributed by atoms with Gasteiger partial charge in [-0.3, -0.25) is 14.3 Å². The van der Waals surface area contributed by atoms with Gasteiger partial charge >= 0.3 is 12.4 Å². The Labute approximate surface area is 226 Å². The van der Waals surface area contributed by atoms with E-state index in [1.54, 1.807) is 29.2 Å². The van der Waals surface area contributed by atoms with Crippen LogP contribution in [0.1, 0.15) is 21.6 Å². The first kappa shape index (κ1) is 26.4. The number of ether oxygens (including phenoxy) is 2. The number of nitrogens with zero attached hydrogens (tertiary/aromatic N) is 4. The molecule has 4 aromatic rings. The lowest BCUT2D eigenvalue weighted by Gasteiger charge is -2.38. The lowest BCUT2D eigenvalue weighted by molar-refractivity contribution is -0.274. The summed E-state index contributed by atoms with van der Waals surface area (Å²) in [4.78, 5) is 20.7. The Kier molecular flexibility index (Phi) is 7.11. The van der Waals surface area contributed by atoms with Gasteiger partial charge in [-0.15, -0.1) is 13.2 Å². The van der Waals surface area contributed by atoms with E-state index in [0.717, 1.165) is 23.3 Å². The summed E-state index contributed by atoms with van der Waals surface area (Å²) in [6.07, 6.45) is -6.20. The van der Waals surface area contributed by atoms with Crippen molar-refractivity contribution in [3.8, 4) is 17.5 Å². The topological polar surface area (TPSA) is 80.1 Å². The van der Waals surface area contributed by atoms with Gasteiger partial charge in [0.25, 0.3) is 5.91 Å². The number of rotatable bonds is 7. The molecule has 0 spiro atoms. The van der Waals surface area contributed by atoms with Crippen molar-refractivity contribution in [1.82, 2.24) is 14.5 Å². The van der Waals surface area contributed by atoms with Gasteiger partial charge in [-0.05, 0) is 35.4 Å². The van der Waals surface area contributed by atoms with Crippen LogP contribution in [0.5, 0.6) is 17.5 Å². The summed E-state index contributed by atoms with van der Waals surface area (Å²) in [5.74, 6) is -0.807. The fourth-order valence-corrected chi connectivity index (χ4v) is 4.32. The van der Waals surface area contributed by atoms with Crippen molar-refractivity contribution in [3.63, 3.8) is 0 Å². The smallest absolute Gasteiger partial charge is 0.425 e. The number of alkyl halides is 3. The minimum atomic E-state index is -4.88. The Balaban J connectivity index is 1.59. The van der Waals surface area contributed by atoms with Crippen LogP contribution in [0.25, 0.3) is 0 Å². The number of benzene rings is 3. The van der Waals surface area contributed by atoms with Crippen LogP contribution >= 0.6 is 11.6 Å². The zero-order chi connectivity index (χ0) is 27.7. The molecule has 2 heterocycles. The van der Waals surface area contributed by atoms with Crippen molar-refractivity contribution in [2.24, 2.45) is 0 Å². The van der Waals surface area contributed by atoms with E-state index in [2.05, 4.69) is 9.72 Å². The molecule has 1 aliphatic rings. The summed E-state index contributed by atoms with van der Waals surface area (Å²) in [6, 6.07) is 21.2. The van der Waals surface area contributed by atoms with E-state index in [-0.39, 0.29) is 36.4 Å². The molecule has 1 amide bonds. The molecule has 0 saturated carbocycles. The fraction of sp³-hybridized carbons (Fsp3) is 0.185. The summed E-state index contributed by atoms with van der Waals surface area (Å²) >= 11 is 6.03.